The molecule has 0 saturated heterocycles. The molecule has 0 N–H and O–H groups in total. The highest BCUT2D eigenvalue weighted by Crippen LogP contribution is 2.53. The Morgan fingerprint density at radius 3 is 1.39 bits per heavy atom. The van der Waals surface area contributed by atoms with Crippen LogP contribution in [0.2, 0.25) is 0 Å². The van der Waals surface area contributed by atoms with E-state index in [1.54, 1.807) is 11.1 Å². The van der Waals surface area contributed by atoms with E-state index >= 15 is 0 Å². The highest BCUT2D eigenvalue weighted by molar-refractivity contribution is 5.87. The van der Waals surface area contributed by atoms with Gasteiger partial charge in [-0.25, -0.2) is 0 Å². The summed E-state index contributed by atoms with van der Waals surface area (Å²) in [5, 5.41) is 0. The van der Waals surface area contributed by atoms with E-state index in [2.05, 4.69) is 27.7 Å². The minimum atomic E-state index is 0.349. The summed E-state index contributed by atoms with van der Waals surface area (Å²) < 4.78 is 0. The number of rotatable bonds is 0. The fourth-order valence-corrected chi connectivity index (χ4v) is 4.45. The molecular formula is C17H24O. The molecule has 1 saturated carbocycles. The number of hydrogen-bond acceptors (Lipinski definition) is 1. The van der Waals surface area contributed by atoms with Crippen LogP contribution in [0.15, 0.2) is 22.3 Å². The molecule has 1 heteroatoms. The van der Waals surface area contributed by atoms with E-state index in [-0.39, 0.29) is 0 Å². The molecule has 0 unspecified atom stereocenters. The third kappa shape index (κ3) is 1.63. The number of ketones is 1. The Morgan fingerprint density at radius 1 is 0.667 bits per heavy atom. The summed E-state index contributed by atoms with van der Waals surface area (Å²) in [6.07, 6.45) is 4.44. The molecule has 4 atom stereocenters. The summed E-state index contributed by atoms with van der Waals surface area (Å²) in [7, 11) is 0. The van der Waals surface area contributed by atoms with Gasteiger partial charge in [0.05, 0.1) is 0 Å². The molecule has 3 aliphatic rings. The summed E-state index contributed by atoms with van der Waals surface area (Å²) in [6, 6.07) is 0. The molecule has 0 spiro atoms. The molecule has 98 valence electrons. The monoisotopic (exact) mass is 244 g/mol. The second-order valence-electron chi connectivity index (χ2n) is 6.88. The molecule has 0 aromatic carbocycles. The van der Waals surface area contributed by atoms with E-state index in [9.17, 15) is 4.79 Å². The van der Waals surface area contributed by atoms with Crippen LogP contribution in [-0.4, -0.2) is 5.78 Å². The number of carbonyl (C=O) groups excluding carboxylic acids is 1. The molecule has 3 rings (SSSR count). The Labute approximate surface area is 110 Å². The van der Waals surface area contributed by atoms with Crippen molar-refractivity contribution >= 4 is 5.78 Å². The van der Waals surface area contributed by atoms with Gasteiger partial charge in [0.2, 0.25) is 0 Å². The van der Waals surface area contributed by atoms with Gasteiger partial charge in [-0.3, -0.25) is 4.79 Å². The fourth-order valence-electron chi connectivity index (χ4n) is 4.45. The first-order valence-corrected chi connectivity index (χ1v) is 7.33. The molecule has 0 radical (unpaired) electrons. The molecule has 0 bridgehead atoms. The van der Waals surface area contributed by atoms with Crippen LogP contribution in [0, 0.1) is 23.7 Å². The molecule has 0 aliphatic heterocycles. The fraction of sp³-hybridized carbons (Fsp3) is 0.706. The van der Waals surface area contributed by atoms with Crippen LogP contribution in [0.5, 0.6) is 0 Å². The molecular weight excluding hydrogens is 220 g/mol. The molecule has 0 aromatic heterocycles. The first-order valence-electron chi connectivity index (χ1n) is 7.33. The highest BCUT2D eigenvalue weighted by Gasteiger charge is 2.51. The van der Waals surface area contributed by atoms with Gasteiger partial charge in [-0.05, 0) is 65.2 Å². The largest absolute Gasteiger partial charge is 0.299 e. The normalized spacial score (nSPS) is 40.1. The van der Waals surface area contributed by atoms with Gasteiger partial charge in [-0.15, -0.1) is 0 Å². The second-order valence-corrected chi connectivity index (χ2v) is 6.88. The minimum absolute atomic E-state index is 0.349. The van der Waals surface area contributed by atoms with Crippen molar-refractivity contribution in [1.29, 1.82) is 0 Å². The van der Waals surface area contributed by atoms with Crippen molar-refractivity contribution in [2.24, 2.45) is 23.7 Å². The minimum Gasteiger partial charge on any atom is -0.299 e. The van der Waals surface area contributed by atoms with Gasteiger partial charge < -0.3 is 0 Å². The van der Waals surface area contributed by atoms with Crippen molar-refractivity contribution in [2.75, 3.05) is 0 Å². The maximum absolute atomic E-state index is 12.6. The van der Waals surface area contributed by atoms with Crippen LogP contribution in [-0.2, 0) is 4.79 Å². The van der Waals surface area contributed by atoms with Crippen molar-refractivity contribution in [1.82, 2.24) is 0 Å². The van der Waals surface area contributed by atoms with Crippen LogP contribution in [0.3, 0.4) is 0 Å². The third-order valence-electron chi connectivity index (χ3n) is 5.91. The lowest BCUT2D eigenvalue weighted by Gasteiger charge is -2.33. The van der Waals surface area contributed by atoms with Crippen LogP contribution in [0.1, 0.15) is 53.4 Å². The molecule has 0 heterocycles. The number of Topliss-reactive ketones (excluding diaryl/α,β-unsaturated/α-hetero) is 1. The second kappa shape index (κ2) is 4.08. The molecule has 1 nitrogen and oxygen atoms in total. The SMILES string of the molecule is CC1=C(C)C[C@@H]2C(=O)[C@H]3CC(C)=C(C)C[C@H]3[C@@H]2C1. The Hall–Kier alpha value is -0.850. The molecule has 0 amide bonds. The van der Waals surface area contributed by atoms with Crippen LogP contribution in [0.4, 0.5) is 0 Å². The van der Waals surface area contributed by atoms with Crippen molar-refractivity contribution in [3.8, 4) is 0 Å². The quantitative estimate of drug-likeness (QED) is 0.581. The molecule has 18 heavy (non-hydrogen) atoms. The van der Waals surface area contributed by atoms with E-state index in [4.69, 9.17) is 0 Å². The summed E-state index contributed by atoms with van der Waals surface area (Å²) >= 11 is 0. The zero-order chi connectivity index (χ0) is 13.0. The first kappa shape index (κ1) is 12.2. The van der Waals surface area contributed by atoms with Crippen molar-refractivity contribution in [3.63, 3.8) is 0 Å². The molecule has 3 aliphatic carbocycles. The van der Waals surface area contributed by atoms with Crippen molar-refractivity contribution in [2.45, 2.75) is 53.4 Å². The third-order valence-corrected chi connectivity index (χ3v) is 5.91. The lowest BCUT2D eigenvalue weighted by molar-refractivity contribution is -0.124. The molecule has 1 fully saturated rings. The zero-order valence-electron chi connectivity index (χ0n) is 12.0. The van der Waals surface area contributed by atoms with E-state index in [0.29, 0.717) is 29.5 Å². The Balaban J connectivity index is 1.93. The van der Waals surface area contributed by atoms with Gasteiger partial charge >= 0.3 is 0 Å². The van der Waals surface area contributed by atoms with Gasteiger partial charge in [0, 0.05) is 11.8 Å². The average molecular weight is 244 g/mol. The number of hydrogen-bond donors (Lipinski definition) is 0. The number of fused-ring (bicyclic) bond motifs is 3. The summed E-state index contributed by atoms with van der Waals surface area (Å²) in [5.74, 6) is 2.58. The standard InChI is InChI=1S/C17H24O/c1-9-5-13-14-6-10(2)12(4)8-16(14)17(18)15(13)7-11(9)3/h13-16H,5-8H2,1-4H3/t13-,14-,15-,16-/m0/s1. The van der Waals surface area contributed by atoms with Gasteiger partial charge in [0.25, 0.3) is 0 Å². The van der Waals surface area contributed by atoms with Crippen molar-refractivity contribution in [3.05, 3.63) is 22.3 Å². The van der Waals surface area contributed by atoms with Crippen molar-refractivity contribution < 1.29 is 4.79 Å². The predicted octanol–water partition coefficient (Wildman–Crippen LogP) is 4.29. The summed E-state index contributed by atoms with van der Waals surface area (Å²) in [4.78, 5) is 12.6. The summed E-state index contributed by atoms with van der Waals surface area (Å²) in [6.45, 7) is 8.96. The average Bonchev–Trinajstić information content (AvgIpc) is 2.56. The lowest BCUT2D eigenvalue weighted by atomic mass is 9.71. The Kier molecular flexibility index (Phi) is 2.76. The number of carbonyl (C=O) groups is 1. The molecule has 0 aromatic rings. The Morgan fingerprint density at radius 2 is 1.00 bits per heavy atom. The maximum atomic E-state index is 12.6. The first-order chi connectivity index (χ1) is 8.49. The summed E-state index contributed by atoms with van der Waals surface area (Å²) in [5.41, 5.74) is 6.05. The van der Waals surface area contributed by atoms with Crippen LogP contribution >= 0.6 is 0 Å². The zero-order valence-corrected chi connectivity index (χ0v) is 12.0. The van der Waals surface area contributed by atoms with E-state index in [0.717, 1.165) is 12.8 Å². The highest BCUT2D eigenvalue weighted by atomic mass is 16.1. The van der Waals surface area contributed by atoms with Crippen LogP contribution < -0.4 is 0 Å². The van der Waals surface area contributed by atoms with Gasteiger partial charge in [-0.2, -0.15) is 0 Å². The van der Waals surface area contributed by atoms with E-state index in [1.165, 1.54) is 24.0 Å². The smallest absolute Gasteiger partial charge is 0.140 e. The maximum Gasteiger partial charge on any atom is 0.140 e. The lowest BCUT2D eigenvalue weighted by Crippen LogP contribution is -2.24. The van der Waals surface area contributed by atoms with Gasteiger partial charge in [0.1, 0.15) is 5.78 Å². The predicted molar refractivity (Wildman–Crippen MR) is 74.2 cm³/mol. The van der Waals surface area contributed by atoms with Gasteiger partial charge in [0.15, 0.2) is 0 Å². The van der Waals surface area contributed by atoms with Gasteiger partial charge in [-0.1, -0.05) is 22.3 Å². The Bertz CT molecular complexity index is 424. The van der Waals surface area contributed by atoms with Crippen LogP contribution in [0.25, 0.3) is 0 Å². The number of allylic oxidation sites excluding steroid dienone is 4. The topological polar surface area (TPSA) is 17.1 Å². The van der Waals surface area contributed by atoms with E-state index in [1.807, 2.05) is 0 Å². The van der Waals surface area contributed by atoms with E-state index < -0.39 is 0 Å².